The SMILES string of the molecule is CCCNC(Cc1ncnn1CCC)C(C)C. The molecular weight excluding hydrogens is 212 g/mol. The van der Waals surface area contributed by atoms with Crippen molar-refractivity contribution in [3.05, 3.63) is 12.2 Å². The molecule has 4 nitrogen and oxygen atoms in total. The van der Waals surface area contributed by atoms with E-state index in [0.29, 0.717) is 12.0 Å². The second kappa shape index (κ2) is 7.43. The highest BCUT2D eigenvalue weighted by molar-refractivity contribution is 4.91. The fraction of sp³-hybridized carbons (Fsp3) is 0.846. The average Bonchev–Trinajstić information content (AvgIpc) is 2.72. The molecule has 1 atom stereocenters. The molecule has 1 unspecified atom stereocenters. The highest BCUT2D eigenvalue weighted by atomic mass is 15.3. The molecule has 0 amide bonds. The number of nitrogens with one attached hydrogen (secondary N) is 1. The Hall–Kier alpha value is -0.900. The normalized spacial score (nSPS) is 13.2. The molecule has 0 aliphatic rings. The van der Waals surface area contributed by atoms with E-state index in [0.717, 1.165) is 31.8 Å². The van der Waals surface area contributed by atoms with Crippen LogP contribution in [0.2, 0.25) is 0 Å². The molecule has 0 radical (unpaired) electrons. The summed E-state index contributed by atoms with van der Waals surface area (Å²) >= 11 is 0. The first kappa shape index (κ1) is 14.2. The van der Waals surface area contributed by atoms with E-state index >= 15 is 0 Å². The summed E-state index contributed by atoms with van der Waals surface area (Å²) in [7, 11) is 0. The summed E-state index contributed by atoms with van der Waals surface area (Å²) in [5.74, 6) is 1.72. The van der Waals surface area contributed by atoms with E-state index in [1.165, 1.54) is 6.42 Å². The van der Waals surface area contributed by atoms with Gasteiger partial charge in [0, 0.05) is 19.0 Å². The van der Waals surface area contributed by atoms with Crippen molar-refractivity contribution >= 4 is 0 Å². The Labute approximate surface area is 105 Å². The summed E-state index contributed by atoms with van der Waals surface area (Å²) in [6.07, 6.45) is 4.91. The van der Waals surface area contributed by atoms with Gasteiger partial charge in [0.25, 0.3) is 0 Å². The monoisotopic (exact) mass is 238 g/mol. The van der Waals surface area contributed by atoms with Gasteiger partial charge in [-0.1, -0.05) is 27.7 Å². The molecular formula is C13H26N4. The summed E-state index contributed by atoms with van der Waals surface area (Å²) in [6, 6.07) is 0.495. The van der Waals surface area contributed by atoms with E-state index in [4.69, 9.17) is 0 Å². The van der Waals surface area contributed by atoms with Crippen molar-refractivity contribution in [1.82, 2.24) is 20.1 Å². The van der Waals surface area contributed by atoms with Gasteiger partial charge in [-0.15, -0.1) is 0 Å². The van der Waals surface area contributed by atoms with Crippen molar-refractivity contribution in [1.29, 1.82) is 0 Å². The quantitative estimate of drug-likeness (QED) is 0.755. The van der Waals surface area contributed by atoms with Gasteiger partial charge in [0.15, 0.2) is 0 Å². The Morgan fingerprint density at radius 1 is 1.29 bits per heavy atom. The molecule has 1 heterocycles. The number of hydrogen-bond acceptors (Lipinski definition) is 3. The molecule has 1 rings (SSSR count). The van der Waals surface area contributed by atoms with Crippen LogP contribution in [-0.4, -0.2) is 27.4 Å². The van der Waals surface area contributed by atoms with Crippen molar-refractivity contribution in [2.24, 2.45) is 5.92 Å². The van der Waals surface area contributed by atoms with E-state index in [2.05, 4.69) is 43.1 Å². The zero-order valence-corrected chi connectivity index (χ0v) is 11.6. The maximum Gasteiger partial charge on any atom is 0.138 e. The predicted molar refractivity (Wildman–Crippen MR) is 70.9 cm³/mol. The average molecular weight is 238 g/mol. The van der Waals surface area contributed by atoms with Gasteiger partial charge in [0.05, 0.1) is 0 Å². The van der Waals surface area contributed by atoms with Crippen molar-refractivity contribution in [2.75, 3.05) is 6.54 Å². The lowest BCUT2D eigenvalue weighted by molar-refractivity contribution is 0.383. The highest BCUT2D eigenvalue weighted by Gasteiger charge is 2.16. The maximum absolute atomic E-state index is 4.38. The summed E-state index contributed by atoms with van der Waals surface area (Å²) in [5, 5.41) is 7.87. The smallest absolute Gasteiger partial charge is 0.138 e. The molecule has 0 saturated heterocycles. The summed E-state index contributed by atoms with van der Waals surface area (Å²) < 4.78 is 2.03. The van der Waals surface area contributed by atoms with Crippen molar-refractivity contribution in [3.63, 3.8) is 0 Å². The van der Waals surface area contributed by atoms with Gasteiger partial charge in [0.2, 0.25) is 0 Å². The second-order valence-corrected chi connectivity index (χ2v) is 4.91. The first-order valence-electron chi connectivity index (χ1n) is 6.79. The molecule has 0 aromatic carbocycles. The fourth-order valence-corrected chi connectivity index (χ4v) is 1.91. The minimum Gasteiger partial charge on any atom is -0.313 e. The van der Waals surface area contributed by atoms with Crippen LogP contribution in [-0.2, 0) is 13.0 Å². The number of aryl methyl sites for hydroxylation is 1. The van der Waals surface area contributed by atoms with Crippen LogP contribution in [0.1, 0.15) is 46.4 Å². The zero-order chi connectivity index (χ0) is 12.7. The van der Waals surface area contributed by atoms with E-state index in [9.17, 15) is 0 Å². The Kier molecular flexibility index (Phi) is 6.19. The van der Waals surface area contributed by atoms with Gasteiger partial charge in [-0.05, 0) is 25.3 Å². The largest absolute Gasteiger partial charge is 0.313 e. The van der Waals surface area contributed by atoms with Crippen LogP contribution >= 0.6 is 0 Å². The predicted octanol–water partition coefficient (Wildman–Crippen LogP) is 2.25. The third-order valence-corrected chi connectivity index (χ3v) is 2.99. The first-order chi connectivity index (χ1) is 8.19. The third kappa shape index (κ3) is 4.46. The van der Waals surface area contributed by atoms with Crippen LogP contribution in [0.3, 0.4) is 0 Å². The van der Waals surface area contributed by atoms with Gasteiger partial charge in [0.1, 0.15) is 12.2 Å². The Morgan fingerprint density at radius 3 is 2.65 bits per heavy atom. The Balaban J connectivity index is 2.61. The summed E-state index contributed by atoms with van der Waals surface area (Å²) in [5.41, 5.74) is 0. The van der Waals surface area contributed by atoms with Crippen molar-refractivity contribution in [2.45, 2.75) is 59.5 Å². The number of aromatic nitrogens is 3. The number of nitrogens with zero attached hydrogens (tertiary/aromatic N) is 3. The number of rotatable bonds is 8. The minimum absolute atomic E-state index is 0.495. The highest BCUT2D eigenvalue weighted by Crippen LogP contribution is 2.09. The van der Waals surface area contributed by atoms with E-state index in [-0.39, 0.29) is 0 Å². The van der Waals surface area contributed by atoms with Crippen LogP contribution in [0.25, 0.3) is 0 Å². The standard InChI is InChI=1S/C13H26N4/c1-5-7-14-12(11(3)4)9-13-15-10-16-17(13)8-6-2/h10-12,14H,5-9H2,1-4H3. The van der Waals surface area contributed by atoms with E-state index in [1.54, 1.807) is 6.33 Å². The van der Waals surface area contributed by atoms with Crippen molar-refractivity contribution < 1.29 is 0 Å². The van der Waals surface area contributed by atoms with E-state index in [1.807, 2.05) is 4.68 Å². The molecule has 0 spiro atoms. The van der Waals surface area contributed by atoms with Crippen LogP contribution in [0, 0.1) is 5.92 Å². The summed E-state index contributed by atoms with van der Waals surface area (Å²) in [4.78, 5) is 4.38. The Morgan fingerprint density at radius 2 is 2.06 bits per heavy atom. The lowest BCUT2D eigenvalue weighted by Gasteiger charge is -2.22. The molecule has 17 heavy (non-hydrogen) atoms. The Bertz CT molecular complexity index is 306. The molecule has 0 bridgehead atoms. The number of hydrogen-bond donors (Lipinski definition) is 1. The minimum atomic E-state index is 0.495. The molecule has 0 aliphatic heterocycles. The lowest BCUT2D eigenvalue weighted by Crippen LogP contribution is -2.37. The molecule has 98 valence electrons. The molecule has 1 N–H and O–H groups in total. The lowest BCUT2D eigenvalue weighted by atomic mass is 10.0. The van der Waals surface area contributed by atoms with Crippen LogP contribution in [0.4, 0.5) is 0 Å². The van der Waals surface area contributed by atoms with Gasteiger partial charge < -0.3 is 5.32 Å². The van der Waals surface area contributed by atoms with Gasteiger partial charge >= 0.3 is 0 Å². The molecule has 1 aromatic heterocycles. The van der Waals surface area contributed by atoms with Gasteiger partial charge in [-0.2, -0.15) is 5.10 Å². The zero-order valence-electron chi connectivity index (χ0n) is 11.6. The first-order valence-corrected chi connectivity index (χ1v) is 6.79. The second-order valence-electron chi connectivity index (χ2n) is 4.91. The molecule has 0 fully saturated rings. The maximum atomic E-state index is 4.38. The third-order valence-electron chi connectivity index (χ3n) is 2.99. The molecule has 1 aromatic rings. The summed E-state index contributed by atoms with van der Waals surface area (Å²) in [6.45, 7) is 10.9. The van der Waals surface area contributed by atoms with Crippen LogP contribution in [0.5, 0.6) is 0 Å². The van der Waals surface area contributed by atoms with Gasteiger partial charge in [-0.3, -0.25) is 4.68 Å². The topological polar surface area (TPSA) is 42.7 Å². The van der Waals surface area contributed by atoms with Crippen molar-refractivity contribution in [3.8, 4) is 0 Å². The fourth-order valence-electron chi connectivity index (χ4n) is 1.91. The van der Waals surface area contributed by atoms with Crippen LogP contribution < -0.4 is 5.32 Å². The van der Waals surface area contributed by atoms with Gasteiger partial charge in [-0.25, -0.2) is 4.98 Å². The molecule has 0 saturated carbocycles. The molecule has 0 aliphatic carbocycles. The molecule has 4 heteroatoms. The van der Waals surface area contributed by atoms with Crippen LogP contribution in [0.15, 0.2) is 6.33 Å². The van der Waals surface area contributed by atoms with E-state index < -0.39 is 0 Å².